The maximum absolute atomic E-state index is 13.3. The van der Waals surface area contributed by atoms with Gasteiger partial charge in [0.15, 0.2) is 11.5 Å². The molecule has 0 radical (unpaired) electrons. The fourth-order valence-electron chi connectivity index (χ4n) is 5.25. The van der Waals surface area contributed by atoms with Crippen molar-refractivity contribution >= 4 is 40.0 Å². The highest BCUT2D eigenvalue weighted by Gasteiger charge is 2.27. The molecule has 4 aromatic rings. The Morgan fingerprint density at radius 2 is 1.80 bits per heavy atom. The Bertz CT molecular complexity index is 1660. The van der Waals surface area contributed by atoms with Crippen molar-refractivity contribution in [1.29, 1.82) is 0 Å². The minimum absolute atomic E-state index is 0.130. The van der Waals surface area contributed by atoms with E-state index in [2.05, 4.69) is 50.8 Å². The molecule has 1 amide bonds. The fraction of sp³-hybridized carbons (Fsp3) is 0.267. The van der Waals surface area contributed by atoms with Gasteiger partial charge in [0.2, 0.25) is 5.95 Å². The lowest BCUT2D eigenvalue weighted by atomic mass is 10.1. The van der Waals surface area contributed by atoms with Gasteiger partial charge >= 0.3 is 0 Å². The van der Waals surface area contributed by atoms with Crippen LogP contribution >= 0.6 is 0 Å². The predicted molar refractivity (Wildman–Crippen MR) is 157 cm³/mol. The van der Waals surface area contributed by atoms with E-state index in [1.54, 1.807) is 30.3 Å². The van der Waals surface area contributed by atoms with Crippen molar-refractivity contribution in [3.8, 4) is 11.5 Å². The first kappa shape index (κ1) is 25.6. The van der Waals surface area contributed by atoms with Crippen molar-refractivity contribution in [2.45, 2.75) is 6.42 Å². The second kappa shape index (κ2) is 10.5. The van der Waals surface area contributed by atoms with Crippen LogP contribution in [0.4, 0.5) is 23.0 Å². The van der Waals surface area contributed by atoms with Crippen LogP contribution in [0.2, 0.25) is 0 Å². The summed E-state index contributed by atoms with van der Waals surface area (Å²) in [6.45, 7) is 8.27. The predicted octanol–water partition coefficient (Wildman–Crippen LogP) is 3.69. The highest BCUT2D eigenvalue weighted by molar-refractivity contribution is 6.03. The lowest BCUT2D eigenvalue weighted by Gasteiger charge is -2.34. The second-order valence-corrected chi connectivity index (χ2v) is 10.1. The van der Waals surface area contributed by atoms with Gasteiger partial charge in [0.05, 0.1) is 5.69 Å². The van der Waals surface area contributed by atoms with Crippen LogP contribution in [-0.2, 0) is 18.3 Å². The van der Waals surface area contributed by atoms with Crippen molar-refractivity contribution in [1.82, 2.24) is 19.4 Å². The zero-order chi connectivity index (χ0) is 27.8. The number of aryl methyl sites for hydroxylation is 1. The van der Waals surface area contributed by atoms with E-state index in [0.717, 1.165) is 37.4 Å². The van der Waals surface area contributed by atoms with E-state index in [-0.39, 0.29) is 17.2 Å². The highest BCUT2D eigenvalue weighted by Crippen LogP contribution is 2.39. The summed E-state index contributed by atoms with van der Waals surface area (Å²) in [5.41, 5.74) is 3.84. The molecule has 0 spiro atoms. The molecule has 10 nitrogen and oxygen atoms in total. The van der Waals surface area contributed by atoms with E-state index in [1.807, 2.05) is 24.3 Å². The zero-order valence-electron chi connectivity index (χ0n) is 22.6. The average molecular weight is 538 g/mol. The van der Waals surface area contributed by atoms with Crippen LogP contribution in [0.15, 0.2) is 72.2 Å². The normalized spacial score (nSPS) is 15.2. The van der Waals surface area contributed by atoms with E-state index in [4.69, 9.17) is 4.74 Å². The van der Waals surface area contributed by atoms with E-state index in [1.165, 1.54) is 16.3 Å². The summed E-state index contributed by atoms with van der Waals surface area (Å²) in [7, 11) is 3.80. The Labute approximate surface area is 232 Å². The Hall–Kier alpha value is -4.70. The second-order valence-electron chi connectivity index (χ2n) is 10.1. The smallest absolute Gasteiger partial charge is 0.294 e. The molecule has 1 N–H and O–H groups in total. The van der Waals surface area contributed by atoms with Crippen LogP contribution in [0.3, 0.4) is 0 Å². The Morgan fingerprint density at radius 1 is 1.02 bits per heavy atom. The van der Waals surface area contributed by atoms with E-state index < -0.39 is 0 Å². The molecule has 40 heavy (non-hydrogen) atoms. The largest absolute Gasteiger partial charge is 0.449 e. The highest BCUT2D eigenvalue weighted by atomic mass is 16.5. The number of benzene rings is 2. The molecule has 4 heterocycles. The first-order valence-corrected chi connectivity index (χ1v) is 13.3. The van der Waals surface area contributed by atoms with Gasteiger partial charge in [-0.3, -0.25) is 14.2 Å². The summed E-state index contributed by atoms with van der Waals surface area (Å²) in [6.07, 6.45) is 3.66. The molecule has 2 aliphatic rings. The summed E-state index contributed by atoms with van der Waals surface area (Å²) in [6, 6.07) is 15.4. The molecule has 6 rings (SSSR count). The van der Waals surface area contributed by atoms with Crippen molar-refractivity contribution in [3.63, 3.8) is 0 Å². The van der Waals surface area contributed by atoms with Gasteiger partial charge in [-0.25, -0.2) is 4.98 Å². The number of ether oxygens (including phenoxy) is 1. The molecule has 2 aromatic carbocycles. The molecule has 0 aliphatic carbocycles. The topological polar surface area (TPSA) is 95.8 Å². The molecule has 10 heteroatoms. The van der Waals surface area contributed by atoms with Gasteiger partial charge in [0, 0.05) is 62.7 Å². The molecule has 0 bridgehead atoms. The number of hydrogen-bond donors (Lipinski definition) is 1. The minimum Gasteiger partial charge on any atom is -0.449 e. The third-order valence-electron chi connectivity index (χ3n) is 7.53. The first-order chi connectivity index (χ1) is 19.4. The number of anilines is 4. The lowest BCUT2D eigenvalue weighted by molar-refractivity contribution is -0.114. The Balaban J connectivity index is 1.24. The molecule has 0 atom stereocenters. The standard InChI is InChI=1S/C30H31N7O3/c1-4-26(38)37-13-12-20-6-5-7-24(27(20)37)40-25-18-21-19-31-30(33-28(21)35(3)29(25)39)32-22-8-10-23(11-9-22)36-16-14-34(2)15-17-36/h4-11,18-19H,1,12-17H2,2-3H3,(H,31,32,33). The van der Waals surface area contributed by atoms with E-state index >= 15 is 0 Å². The summed E-state index contributed by atoms with van der Waals surface area (Å²) in [5, 5.41) is 3.89. The number of aromatic nitrogens is 3. The third-order valence-corrected chi connectivity index (χ3v) is 7.53. The number of carbonyl (C=O) groups is 1. The number of nitrogens with one attached hydrogen (secondary N) is 1. The minimum atomic E-state index is -0.342. The molecular formula is C30H31N7O3. The number of para-hydroxylation sites is 1. The maximum Gasteiger partial charge on any atom is 0.294 e. The van der Waals surface area contributed by atoms with Crippen LogP contribution < -0.4 is 25.4 Å². The average Bonchev–Trinajstić information content (AvgIpc) is 3.42. The Kier molecular flexibility index (Phi) is 6.69. The van der Waals surface area contributed by atoms with Gasteiger partial charge in [-0.1, -0.05) is 18.7 Å². The number of fused-ring (bicyclic) bond motifs is 2. The molecule has 2 aliphatic heterocycles. The molecule has 1 saturated heterocycles. The number of piperazine rings is 1. The Morgan fingerprint density at radius 3 is 2.55 bits per heavy atom. The summed E-state index contributed by atoms with van der Waals surface area (Å²) in [4.78, 5) is 41.1. The SMILES string of the molecule is C=CC(=O)N1CCc2cccc(Oc3cc4cnc(Nc5ccc(N6CCN(C)CC6)cc5)nc4n(C)c3=O)c21. The third kappa shape index (κ3) is 4.77. The number of rotatable bonds is 6. The van der Waals surface area contributed by atoms with Crippen LogP contribution in [0.1, 0.15) is 5.56 Å². The lowest BCUT2D eigenvalue weighted by Crippen LogP contribution is -2.44. The quantitative estimate of drug-likeness (QED) is 0.372. The van der Waals surface area contributed by atoms with Gasteiger partial charge < -0.3 is 24.8 Å². The summed E-state index contributed by atoms with van der Waals surface area (Å²) < 4.78 is 7.57. The van der Waals surface area contributed by atoms with Gasteiger partial charge in [-0.05, 0) is 61.5 Å². The number of carbonyl (C=O) groups excluding carboxylic acids is 1. The summed E-state index contributed by atoms with van der Waals surface area (Å²) in [5.74, 6) is 0.762. The van der Waals surface area contributed by atoms with E-state index in [0.29, 0.717) is 41.4 Å². The number of likely N-dealkylation sites (N-methyl/N-ethyl adjacent to an activating group) is 1. The van der Waals surface area contributed by atoms with Crippen LogP contribution in [0.25, 0.3) is 11.0 Å². The molecule has 0 unspecified atom stereocenters. The van der Waals surface area contributed by atoms with Gasteiger partial charge in [0.25, 0.3) is 11.5 Å². The summed E-state index contributed by atoms with van der Waals surface area (Å²) >= 11 is 0. The number of hydrogen-bond acceptors (Lipinski definition) is 8. The molecule has 0 saturated carbocycles. The monoisotopic (exact) mass is 537 g/mol. The fourth-order valence-corrected chi connectivity index (χ4v) is 5.25. The molecule has 1 fully saturated rings. The van der Waals surface area contributed by atoms with Crippen molar-refractivity contribution in [2.75, 3.05) is 54.9 Å². The molecule has 204 valence electrons. The zero-order valence-corrected chi connectivity index (χ0v) is 22.6. The van der Waals surface area contributed by atoms with Crippen molar-refractivity contribution in [3.05, 3.63) is 83.3 Å². The first-order valence-electron chi connectivity index (χ1n) is 13.3. The number of amides is 1. The van der Waals surface area contributed by atoms with Crippen molar-refractivity contribution in [2.24, 2.45) is 7.05 Å². The number of nitrogens with zero attached hydrogens (tertiary/aromatic N) is 6. The van der Waals surface area contributed by atoms with E-state index in [9.17, 15) is 9.59 Å². The van der Waals surface area contributed by atoms with Crippen LogP contribution in [0, 0.1) is 0 Å². The van der Waals surface area contributed by atoms with Gasteiger partial charge in [0.1, 0.15) is 5.65 Å². The van der Waals surface area contributed by atoms with Gasteiger partial charge in [-0.15, -0.1) is 0 Å². The number of pyridine rings is 1. The van der Waals surface area contributed by atoms with Crippen molar-refractivity contribution < 1.29 is 9.53 Å². The maximum atomic E-state index is 13.3. The van der Waals surface area contributed by atoms with Crippen LogP contribution in [-0.4, -0.2) is 65.1 Å². The van der Waals surface area contributed by atoms with Crippen LogP contribution in [0.5, 0.6) is 11.5 Å². The van der Waals surface area contributed by atoms with Gasteiger partial charge in [-0.2, -0.15) is 4.98 Å². The molecule has 2 aromatic heterocycles. The molecular weight excluding hydrogens is 506 g/mol.